The summed E-state index contributed by atoms with van der Waals surface area (Å²) in [6, 6.07) is 15.7. The number of rotatable bonds is 2. The van der Waals surface area contributed by atoms with Crippen LogP contribution in [0.15, 0.2) is 48.5 Å². The van der Waals surface area contributed by atoms with E-state index in [-0.39, 0.29) is 30.0 Å². The highest BCUT2D eigenvalue weighted by Gasteiger charge is 2.46. The van der Waals surface area contributed by atoms with Gasteiger partial charge in [0.1, 0.15) is 0 Å². The molecule has 124 valence electrons. The Morgan fingerprint density at radius 3 is 2.04 bits per heavy atom. The molecule has 2 heterocycles. The molecular weight excluding hydrogens is 345 g/mol. The number of hydrogen-bond acceptors (Lipinski definition) is 3. The quantitative estimate of drug-likeness (QED) is 0.768. The van der Waals surface area contributed by atoms with Gasteiger partial charge in [0.2, 0.25) is 5.91 Å². The van der Waals surface area contributed by atoms with Gasteiger partial charge in [-0.15, -0.1) is 0 Å². The lowest BCUT2D eigenvalue weighted by Gasteiger charge is -2.36. The van der Waals surface area contributed by atoms with Crippen LogP contribution in [0.2, 0.25) is 10.0 Å². The van der Waals surface area contributed by atoms with Crippen molar-refractivity contribution >= 4 is 29.1 Å². The molecule has 4 rings (SSSR count). The topological polar surface area (TPSA) is 53.2 Å². The molecule has 0 aromatic heterocycles. The molecule has 6 heteroatoms. The lowest BCUT2D eigenvalue weighted by atomic mass is 9.74. The molecule has 4 nitrogen and oxygen atoms in total. The van der Waals surface area contributed by atoms with Gasteiger partial charge in [-0.2, -0.15) is 0 Å². The summed E-state index contributed by atoms with van der Waals surface area (Å²) in [7, 11) is 0. The predicted molar refractivity (Wildman–Crippen MR) is 94.7 cm³/mol. The summed E-state index contributed by atoms with van der Waals surface area (Å²) in [6.07, 6.45) is 0.364. The van der Waals surface area contributed by atoms with E-state index in [1.54, 1.807) is 0 Å². The van der Waals surface area contributed by atoms with Crippen molar-refractivity contribution in [1.29, 1.82) is 0 Å². The second kappa shape index (κ2) is 6.37. The molecule has 4 atom stereocenters. The van der Waals surface area contributed by atoms with Crippen LogP contribution in [0.4, 0.5) is 0 Å². The van der Waals surface area contributed by atoms with Crippen molar-refractivity contribution in [2.24, 2.45) is 5.92 Å². The fourth-order valence-electron chi connectivity index (χ4n) is 3.76. The Morgan fingerprint density at radius 1 is 0.833 bits per heavy atom. The monoisotopic (exact) mass is 361 g/mol. The summed E-state index contributed by atoms with van der Waals surface area (Å²) in [5, 5.41) is 4.45. The summed E-state index contributed by atoms with van der Waals surface area (Å²) in [4.78, 5) is 12.1. The van der Waals surface area contributed by atoms with Crippen molar-refractivity contribution in [2.45, 2.75) is 24.5 Å². The second-order valence-electron chi connectivity index (χ2n) is 6.30. The van der Waals surface area contributed by atoms with Crippen LogP contribution in [0.5, 0.6) is 0 Å². The maximum Gasteiger partial charge on any atom is 0.221 e. The molecule has 2 fully saturated rings. The van der Waals surface area contributed by atoms with Crippen LogP contribution in [-0.2, 0) is 4.79 Å². The van der Waals surface area contributed by atoms with Gasteiger partial charge in [-0.3, -0.25) is 4.79 Å². The Morgan fingerprint density at radius 2 is 1.42 bits per heavy atom. The number of halogens is 2. The number of hydrogen-bond donors (Lipinski definition) is 3. The van der Waals surface area contributed by atoms with E-state index in [4.69, 9.17) is 23.2 Å². The molecule has 0 saturated carbocycles. The third-order valence-electron chi connectivity index (χ3n) is 4.88. The highest BCUT2D eigenvalue weighted by atomic mass is 35.5. The molecule has 2 aromatic rings. The van der Waals surface area contributed by atoms with Gasteiger partial charge in [0.15, 0.2) is 0 Å². The molecule has 24 heavy (non-hydrogen) atoms. The maximum atomic E-state index is 12.1. The van der Waals surface area contributed by atoms with E-state index in [1.165, 1.54) is 0 Å². The van der Waals surface area contributed by atoms with Gasteiger partial charge in [0.25, 0.3) is 0 Å². The number of amides is 1. The van der Waals surface area contributed by atoms with Crippen molar-refractivity contribution in [3.05, 3.63) is 69.7 Å². The van der Waals surface area contributed by atoms with Crippen molar-refractivity contribution in [3.63, 3.8) is 0 Å². The van der Waals surface area contributed by atoms with Gasteiger partial charge >= 0.3 is 0 Å². The van der Waals surface area contributed by atoms with E-state index in [1.807, 2.05) is 48.5 Å². The molecule has 0 radical (unpaired) electrons. The van der Waals surface area contributed by atoms with E-state index in [0.29, 0.717) is 16.5 Å². The maximum absolute atomic E-state index is 12.1. The van der Waals surface area contributed by atoms with E-state index in [0.717, 1.165) is 11.1 Å². The fourth-order valence-corrected chi connectivity index (χ4v) is 4.01. The Kier molecular flexibility index (Phi) is 4.22. The SMILES string of the molecule is O=C1CC(c2ccc(Cl)cc2)C2C(NNC2c2ccc(Cl)cc2)N1. The van der Waals surface area contributed by atoms with Crippen molar-refractivity contribution in [2.75, 3.05) is 0 Å². The zero-order valence-electron chi connectivity index (χ0n) is 12.8. The fraction of sp³-hybridized carbons (Fsp3) is 0.278. The van der Waals surface area contributed by atoms with Crippen molar-refractivity contribution in [1.82, 2.24) is 16.2 Å². The normalized spacial score (nSPS) is 29.2. The standard InChI is InChI=1S/C18H17Cl2N3O/c19-12-5-1-10(2-6-12)14-9-15(24)21-18-16(14)17(22-23-18)11-3-7-13(20)8-4-11/h1-8,14,16-18,22-23H,9H2,(H,21,24). The molecule has 2 aliphatic rings. The van der Waals surface area contributed by atoms with E-state index >= 15 is 0 Å². The van der Waals surface area contributed by atoms with E-state index < -0.39 is 0 Å². The summed E-state index contributed by atoms with van der Waals surface area (Å²) in [5.41, 5.74) is 8.84. The Bertz CT molecular complexity index is 748. The number of hydrazine groups is 1. The van der Waals surface area contributed by atoms with Crippen LogP contribution < -0.4 is 16.2 Å². The number of carbonyl (C=O) groups excluding carboxylic acids is 1. The summed E-state index contributed by atoms with van der Waals surface area (Å²) in [6.45, 7) is 0. The minimum absolute atomic E-state index is 0.0576. The van der Waals surface area contributed by atoms with Crippen LogP contribution in [0.25, 0.3) is 0 Å². The van der Waals surface area contributed by atoms with Gasteiger partial charge in [0.05, 0.1) is 12.2 Å². The average Bonchev–Trinajstić information content (AvgIpc) is 2.99. The summed E-state index contributed by atoms with van der Waals surface area (Å²) < 4.78 is 0. The smallest absolute Gasteiger partial charge is 0.221 e. The van der Waals surface area contributed by atoms with Crippen LogP contribution in [-0.4, -0.2) is 12.1 Å². The molecule has 2 aliphatic heterocycles. The first-order valence-corrected chi connectivity index (χ1v) is 8.69. The first kappa shape index (κ1) is 15.9. The summed E-state index contributed by atoms with van der Waals surface area (Å²) in [5.74, 6) is 0.372. The van der Waals surface area contributed by atoms with E-state index in [9.17, 15) is 4.79 Å². The second-order valence-corrected chi connectivity index (χ2v) is 7.18. The van der Waals surface area contributed by atoms with E-state index in [2.05, 4.69) is 16.2 Å². The van der Waals surface area contributed by atoms with Crippen molar-refractivity contribution in [3.8, 4) is 0 Å². The van der Waals surface area contributed by atoms with Gasteiger partial charge in [-0.25, -0.2) is 10.9 Å². The molecule has 4 unspecified atom stereocenters. The molecule has 0 aliphatic carbocycles. The Hall–Kier alpha value is -1.59. The molecule has 2 saturated heterocycles. The minimum atomic E-state index is -0.104. The number of piperidine rings is 1. The Balaban J connectivity index is 1.70. The summed E-state index contributed by atoms with van der Waals surface area (Å²) >= 11 is 12.0. The van der Waals surface area contributed by atoms with Gasteiger partial charge in [-0.1, -0.05) is 47.5 Å². The lowest BCUT2D eigenvalue weighted by Crippen LogP contribution is -2.52. The van der Waals surface area contributed by atoms with Gasteiger partial charge in [0, 0.05) is 28.3 Å². The molecule has 3 N–H and O–H groups in total. The van der Waals surface area contributed by atoms with Crippen molar-refractivity contribution < 1.29 is 4.79 Å². The number of fused-ring (bicyclic) bond motifs is 1. The largest absolute Gasteiger partial charge is 0.339 e. The first-order chi connectivity index (χ1) is 11.6. The van der Waals surface area contributed by atoms with Crippen LogP contribution in [0.1, 0.15) is 29.5 Å². The molecule has 2 aromatic carbocycles. The third-order valence-corrected chi connectivity index (χ3v) is 5.38. The van der Waals surface area contributed by atoms with Gasteiger partial charge < -0.3 is 5.32 Å². The lowest BCUT2D eigenvalue weighted by molar-refractivity contribution is -0.125. The number of carbonyl (C=O) groups is 1. The highest BCUT2D eigenvalue weighted by molar-refractivity contribution is 6.30. The zero-order valence-corrected chi connectivity index (χ0v) is 14.3. The average molecular weight is 362 g/mol. The number of benzene rings is 2. The Labute approximate surface area is 150 Å². The van der Waals surface area contributed by atoms with Gasteiger partial charge in [-0.05, 0) is 35.4 Å². The number of nitrogens with one attached hydrogen (secondary N) is 3. The molecule has 1 amide bonds. The highest BCUT2D eigenvalue weighted by Crippen LogP contribution is 2.43. The van der Waals surface area contributed by atoms with Crippen LogP contribution in [0, 0.1) is 5.92 Å². The first-order valence-electron chi connectivity index (χ1n) is 7.93. The third kappa shape index (κ3) is 2.91. The van der Waals surface area contributed by atoms with Crippen LogP contribution in [0.3, 0.4) is 0 Å². The minimum Gasteiger partial charge on any atom is -0.339 e. The predicted octanol–water partition coefficient (Wildman–Crippen LogP) is 3.39. The molecule has 0 spiro atoms. The van der Waals surface area contributed by atoms with Crippen LogP contribution >= 0.6 is 23.2 Å². The zero-order chi connectivity index (χ0) is 16.7. The molecule has 0 bridgehead atoms. The molecular formula is C18H17Cl2N3O.